The van der Waals surface area contributed by atoms with Gasteiger partial charge in [0.1, 0.15) is 17.6 Å². The third-order valence-corrected chi connectivity index (χ3v) is 3.43. The highest BCUT2D eigenvalue weighted by Crippen LogP contribution is 2.21. The molecule has 0 aliphatic carbocycles. The molecule has 1 N–H and O–H groups in total. The second kappa shape index (κ2) is 8.46. The maximum Gasteiger partial charge on any atom is 0.300 e. The van der Waals surface area contributed by atoms with E-state index in [0.717, 1.165) is 18.4 Å². The van der Waals surface area contributed by atoms with Crippen molar-refractivity contribution in [3.05, 3.63) is 27.9 Å². The predicted molar refractivity (Wildman–Crippen MR) is 85.0 cm³/mol. The number of nitrogens with zero attached hydrogens (tertiary/aromatic N) is 3. The summed E-state index contributed by atoms with van der Waals surface area (Å²) in [6.45, 7) is 3.23. The van der Waals surface area contributed by atoms with Crippen molar-refractivity contribution in [1.82, 2.24) is 9.88 Å². The number of anilines is 1. The zero-order valence-corrected chi connectivity index (χ0v) is 13.3. The minimum absolute atomic E-state index is 0.0669. The van der Waals surface area contributed by atoms with Crippen molar-refractivity contribution in [1.29, 1.82) is 0 Å². The molecule has 0 atom stereocenters. The van der Waals surface area contributed by atoms with Gasteiger partial charge in [-0.2, -0.15) is 11.8 Å². The Kier molecular flexibility index (Phi) is 6.93. The Hall–Kier alpha value is -1.83. The van der Waals surface area contributed by atoms with Crippen molar-refractivity contribution in [2.24, 2.45) is 0 Å². The highest BCUT2D eigenvalue weighted by molar-refractivity contribution is 7.98. The van der Waals surface area contributed by atoms with E-state index < -0.39 is 4.92 Å². The van der Waals surface area contributed by atoms with Crippen molar-refractivity contribution in [2.75, 3.05) is 37.5 Å². The topological polar surface area (TPSA) is 88.4 Å². The van der Waals surface area contributed by atoms with Crippen LogP contribution >= 0.6 is 11.8 Å². The number of nitro groups is 1. The fourth-order valence-corrected chi connectivity index (χ4v) is 2.11. The fraction of sp³-hybridized carbons (Fsp3) is 0.538. The molecule has 0 spiro atoms. The summed E-state index contributed by atoms with van der Waals surface area (Å²) in [6.07, 6.45) is 3.98. The molecule has 0 radical (unpaired) electrons. The van der Waals surface area contributed by atoms with Crippen molar-refractivity contribution in [3.63, 3.8) is 0 Å². The van der Waals surface area contributed by atoms with Gasteiger partial charge in [0, 0.05) is 32.0 Å². The van der Waals surface area contributed by atoms with Gasteiger partial charge in [-0.05, 0) is 12.7 Å². The Morgan fingerprint density at radius 1 is 1.57 bits per heavy atom. The molecule has 116 valence electrons. The lowest BCUT2D eigenvalue weighted by atomic mass is 10.2. The van der Waals surface area contributed by atoms with Gasteiger partial charge in [0.15, 0.2) is 0 Å². The first kappa shape index (κ1) is 17.2. The van der Waals surface area contributed by atoms with Gasteiger partial charge in [-0.1, -0.05) is 6.92 Å². The Morgan fingerprint density at radius 2 is 2.29 bits per heavy atom. The van der Waals surface area contributed by atoms with Gasteiger partial charge in [-0.3, -0.25) is 14.9 Å². The zero-order valence-electron chi connectivity index (χ0n) is 12.5. The van der Waals surface area contributed by atoms with Crippen molar-refractivity contribution in [3.8, 4) is 0 Å². The number of pyridine rings is 1. The third-order valence-electron chi connectivity index (χ3n) is 2.84. The van der Waals surface area contributed by atoms with Crippen LogP contribution in [0.25, 0.3) is 0 Å². The second-order valence-electron chi connectivity index (χ2n) is 4.49. The average molecular weight is 312 g/mol. The van der Waals surface area contributed by atoms with Crippen LogP contribution in [0.1, 0.15) is 23.7 Å². The lowest BCUT2D eigenvalue weighted by Crippen LogP contribution is -2.29. The summed E-state index contributed by atoms with van der Waals surface area (Å²) in [5.74, 6) is 0.893. The smallest absolute Gasteiger partial charge is 0.300 e. The number of nitrogens with one attached hydrogen (secondary N) is 1. The molecule has 0 aliphatic heterocycles. The van der Waals surface area contributed by atoms with Crippen LogP contribution in [0.2, 0.25) is 0 Å². The molecule has 7 nitrogen and oxygen atoms in total. The Morgan fingerprint density at radius 3 is 2.86 bits per heavy atom. The van der Waals surface area contributed by atoms with Crippen LogP contribution in [0.15, 0.2) is 12.3 Å². The van der Waals surface area contributed by atoms with E-state index in [4.69, 9.17) is 0 Å². The number of carbonyl (C=O) groups excluding carboxylic acids is 1. The van der Waals surface area contributed by atoms with Crippen LogP contribution in [0.3, 0.4) is 0 Å². The molecular formula is C13H20N4O3S. The first-order valence-electron chi connectivity index (χ1n) is 6.64. The maximum absolute atomic E-state index is 12.4. The molecular weight excluding hydrogens is 292 g/mol. The lowest BCUT2D eigenvalue weighted by Gasteiger charge is -2.17. The summed E-state index contributed by atoms with van der Waals surface area (Å²) in [5, 5.41) is 14.1. The van der Waals surface area contributed by atoms with E-state index in [1.165, 1.54) is 11.0 Å². The van der Waals surface area contributed by atoms with E-state index in [0.29, 0.717) is 18.9 Å². The van der Waals surface area contributed by atoms with E-state index in [9.17, 15) is 14.9 Å². The highest BCUT2D eigenvalue weighted by Gasteiger charge is 2.24. The highest BCUT2D eigenvalue weighted by atomic mass is 32.2. The average Bonchev–Trinajstić information content (AvgIpc) is 2.49. The molecule has 1 heterocycles. The zero-order chi connectivity index (χ0) is 15.8. The van der Waals surface area contributed by atoms with Gasteiger partial charge in [0.2, 0.25) is 0 Å². The molecule has 1 aromatic rings. The number of hydrogen-bond acceptors (Lipinski definition) is 6. The minimum Gasteiger partial charge on any atom is -0.370 e. The molecule has 0 aliphatic rings. The Bertz CT molecular complexity index is 510. The SMILES string of the molecule is CCCNc1cc(C(=O)N(C)CCSC)c([N+](=O)[O-])cn1. The normalized spacial score (nSPS) is 10.2. The van der Waals surface area contributed by atoms with Crippen LogP contribution in [-0.4, -0.2) is 52.9 Å². The van der Waals surface area contributed by atoms with Crippen LogP contribution in [0.5, 0.6) is 0 Å². The quantitative estimate of drug-likeness (QED) is 0.585. The van der Waals surface area contributed by atoms with Gasteiger partial charge in [0.05, 0.1) is 4.92 Å². The van der Waals surface area contributed by atoms with Gasteiger partial charge in [-0.15, -0.1) is 0 Å². The summed E-state index contributed by atoms with van der Waals surface area (Å²) in [6, 6.07) is 1.45. The number of amides is 1. The molecule has 21 heavy (non-hydrogen) atoms. The second-order valence-corrected chi connectivity index (χ2v) is 5.48. The fourth-order valence-electron chi connectivity index (χ4n) is 1.65. The monoisotopic (exact) mass is 312 g/mol. The van der Waals surface area contributed by atoms with Crippen LogP contribution in [-0.2, 0) is 0 Å². The summed E-state index contributed by atoms with van der Waals surface area (Å²) in [4.78, 5) is 28.3. The van der Waals surface area contributed by atoms with Gasteiger partial charge < -0.3 is 10.2 Å². The Labute approximate surface area is 128 Å². The molecule has 0 fully saturated rings. The van der Waals surface area contributed by atoms with Gasteiger partial charge >= 0.3 is 0 Å². The number of thioether (sulfide) groups is 1. The molecule has 8 heteroatoms. The van der Waals surface area contributed by atoms with Crippen molar-refractivity contribution in [2.45, 2.75) is 13.3 Å². The van der Waals surface area contributed by atoms with Crippen LogP contribution in [0.4, 0.5) is 11.5 Å². The first-order chi connectivity index (χ1) is 10.0. The van der Waals surface area contributed by atoms with E-state index in [1.54, 1.807) is 18.8 Å². The first-order valence-corrected chi connectivity index (χ1v) is 8.03. The summed E-state index contributed by atoms with van der Waals surface area (Å²) >= 11 is 1.61. The van der Waals surface area contributed by atoms with E-state index in [-0.39, 0.29) is 17.2 Å². The molecule has 1 amide bonds. The van der Waals surface area contributed by atoms with Crippen molar-refractivity contribution < 1.29 is 9.72 Å². The van der Waals surface area contributed by atoms with Crippen LogP contribution in [0, 0.1) is 10.1 Å². The molecule has 1 aromatic heterocycles. The summed E-state index contributed by atoms with van der Waals surface area (Å²) in [7, 11) is 1.64. The molecule has 0 bridgehead atoms. The minimum atomic E-state index is -0.577. The standard InChI is InChI=1S/C13H20N4O3S/c1-4-5-14-12-8-10(11(9-15-12)17(19)20)13(18)16(2)6-7-21-3/h8-9H,4-7H2,1-3H3,(H,14,15). The van der Waals surface area contributed by atoms with Crippen LogP contribution < -0.4 is 5.32 Å². The summed E-state index contributed by atoms with van der Waals surface area (Å²) < 4.78 is 0. The molecule has 0 saturated carbocycles. The largest absolute Gasteiger partial charge is 0.370 e. The Balaban J connectivity index is 3.04. The molecule has 0 unspecified atom stereocenters. The predicted octanol–water partition coefficient (Wildman–Crippen LogP) is 2.25. The molecule has 0 saturated heterocycles. The summed E-state index contributed by atoms with van der Waals surface area (Å²) in [5.41, 5.74) is -0.199. The van der Waals surface area contributed by atoms with E-state index >= 15 is 0 Å². The molecule has 0 aromatic carbocycles. The molecule has 1 rings (SSSR count). The number of aromatic nitrogens is 1. The third kappa shape index (κ3) is 4.89. The lowest BCUT2D eigenvalue weighted by molar-refractivity contribution is -0.385. The van der Waals surface area contributed by atoms with E-state index in [1.807, 2.05) is 13.2 Å². The number of carbonyl (C=O) groups is 1. The number of rotatable bonds is 8. The van der Waals surface area contributed by atoms with Crippen molar-refractivity contribution >= 4 is 29.2 Å². The maximum atomic E-state index is 12.4. The van der Waals surface area contributed by atoms with E-state index in [2.05, 4.69) is 10.3 Å². The van der Waals surface area contributed by atoms with Gasteiger partial charge in [0.25, 0.3) is 11.6 Å². The van der Waals surface area contributed by atoms with Gasteiger partial charge in [-0.25, -0.2) is 4.98 Å². The number of hydrogen-bond donors (Lipinski definition) is 1.